The van der Waals surface area contributed by atoms with Gasteiger partial charge >= 0.3 is 0 Å². The molecule has 0 aromatic heterocycles. The number of likely N-dealkylation sites (N-methyl/N-ethyl adjacent to an activating group) is 1. The van der Waals surface area contributed by atoms with E-state index in [0.717, 1.165) is 19.5 Å². The smallest absolute Gasteiger partial charge is 0.273 e. The molecular formula is C13H20N4O2. The number of hydrogen-bond acceptors (Lipinski definition) is 5. The molecule has 1 heterocycles. The molecule has 1 unspecified atom stereocenters. The van der Waals surface area contributed by atoms with Crippen molar-refractivity contribution in [3.63, 3.8) is 0 Å². The van der Waals surface area contributed by atoms with Crippen molar-refractivity contribution in [3.8, 4) is 0 Å². The molecule has 104 valence electrons. The molecule has 1 aliphatic rings. The van der Waals surface area contributed by atoms with Crippen LogP contribution in [0.15, 0.2) is 18.2 Å². The van der Waals surface area contributed by atoms with Crippen LogP contribution in [0.1, 0.15) is 19.3 Å². The molecule has 1 saturated heterocycles. The Balaban J connectivity index is 2.00. The third kappa shape index (κ3) is 3.57. The van der Waals surface area contributed by atoms with E-state index in [1.165, 1.54) is 25.0 Å². The highest BCUT2D eigenvalue weighted by molar-refractivity contribution is 5.61. The Kier molecular flexibility index (Phi) is 4.21. The highest BCUT2D eigenvalue weighted by Gasteiger charge is 2.18. The second-order valence-corrected chi connectivity index (χ2v) is 5.08. The van der Waals surface area contributed by atoms with E-state index in [1.54, 1.807) is 6.07 Å². The lowest BCUT2D eigenvalue weighted by Crippen LogP contribution is -2.40. The number of non-ortho nitro benzene ring substituents is 1. The largest absolute Gasteiger partial charge is 0.398 e. The molecule has 1 aromatic carbocycles. The maximum atomic E-state index is 10.8. The first-order valence-electron chi connectivity index (χ1n) is 6.55. The predicted octanol–water partition coefficient (Wildman–Crippen LogP) is 2.07. The van der Waals surface area contributed by atoms with Gasteiger partial charge in [0.2, 0.25) is 0 Å². The molecule has 1 atom stereocenters. The van der Waals surface area contributed by atoms with E-state index >= 15 is 0 Å². The first-order chi connectivity index (χ1) is 9.06. The lowest BCUT2D eigenvalue weighted by molar-refractivity contribution is -0.384. The standard InChI is InChI=1S/C13H20N4O2/c1-16-5-3-2-4-12(16)9-15-11-6-10(14)7-13(8-11)17(18)19/h6-8,12,15H,2-5,9,14H2,1H3. The van der Waals surface area contributed by atoms with Crippen molar-refractivity contribution >= 4 is 17.1 Å². The van der Waals surface area contributed by atoms with E-state index in [9.17, 15) is 10.1 Å². The van der Waals surface area contributed by atoms with Gasteiger partial charge in [0, 0.05) is 36.1 Å². The van der Waals surface area contributed by atoms with Crippen molar-refractivity contribution in [1.82, 2.24) is 4.90 Å². The quantitative estimate of drug-likeness (QED) is 0.494. The second kappa shape index (κ2) is 5.88. The van der Waals surface area contributed by atoms with Gasteiger partial charge in [-0.05, 0) is 32.5 Å². The number of nitro groups is 1. The fraction of sp³-hybridized carbons (Fsp3) is 0.538. The number of nitro benzene ring substituents is 1. The van der Waals surface area contributed by atoms with Gasteiger partial charge in [-0.1, -0.05) is 6.42 Å². The highest BCUT2D eigenvalue weighted by atomic mass is 16.6. The van der Waals surface area contributed by atoms with Crippen molar-refractivity contribution < 1.29 is 4.92 Å². The third-order valence-corrected chi connectivity index (χ3v) is 3.61. The summed E-state index contributed by atoms with van der Waals surface area (Å²) in [6.45, 7) is 1.90. The highest BCUT2D eigenvalue weighted by Crippen LogP contribution is 2.23. The summed E-state index contributed by atoms with van der Waals surface area (Å²) in [7, 11) is 2.12. The second-order valence-electron chi connectivity index (χ2n) is 5.08. The minimum Gasteiger partial charge on any atom is -0.398 e. The Hall–Kier alpha value is -1.82. The van der Waals surface area contributed by atoms with E-state index in [2.05, 4.69) is 17.3 Å². The van der Waals surface area contributed by atoms with Crippen LogP contribution in [0, 0.1) is 10.1 Å². The summed E-state index contributed by atoms with van der Waals surface area (Å²) >= 11 is 0. The zero-order chi connectivity index (χ0) is 13.8. The minimum absolute atomic E-state index is 0.0273. The van der Waals surface area contributed by atoms with Gasteiger partial charge in [0.25, 0.3) is 5.69 Å². The van der Waals surface area contributed by atoms with Crippen LogP contribution < -0.4 is 11.1 Å². The fourth-order valence-corrected chi connectivity index (χ4v) is 2.48. The van der Waals surface area contributed by atoms with Crippen molar-refractivity contribution in [2.24, 2.45) is 0 Å². The van der Waals surface area contributed by atoms with Gasteiger partial charge in [-0.3, -0.25) is 10.1 Å². The molecule has 0 amide bonds. The topological polar surface area (TPSA) is 84.4 Å². The Morgan fingerprint density at radius 2 is 2.26 bits per heavy atom. The summed E-state index contributed by atoms with van der Waals surface area (Å²) in [4.78, 5) is 12.7. The van der Waals surface area contributed by atoms with Gasteiger partial charge in [-0.2, -0.15) is 0 Å². The molecule has 0 spiro atoms. The average molecular weight is 264 g/mol. The molecule has 0 bridgehead atoms. The lowest BCUT2D eigenvalue weighted by Gasteiger charge is -2.32. The summed E-state index contributed by atoms with van der Waals surface area (Å²) < 4.78 is 0. The number of rotatable bonds is 4. The summed E-state index contributed by atoms with van der Waals surface area (Å²) in [6.07, 6.45) is 3.65. The van der Waals surface area contributed by atoms with Gasteiger partial charge < -0.3 is 16.0 Å². The monoisotopic (exact) mass is 264 g/mol. The first kappa shape index (κ1) is 13.6. The fourth-order valence-electron chi connectivity index (χ4n) is 2.48. The van der Waals surface area contributed by atoms with E-state index in [4.69, 9.17) is 5.73 Å². The number of anilines is 2. The van der Waals surface area contributed by atoms with E-state index < -0.39 is 4.92 Å². The number of nitrogens with two attached hydrogens (primary N) is 1. The molecule has 6 nitrogen and oxygen atoms in total. The van der Waals surface area contributed by atoms with Crippen LogP contribution in [0.5, 0.6) is 0 Å². The molecule has 1 aromatic rings. The normalized spacial score (nSPS) is 20.2. The maximum absolute atomic E-state index is 10.8. The Morgan fingerprint density at radius 1 is 1.47 bits per heavy atom. The number of piperidine rings is 1. The van der Waals surface area contributed by atoms with Crippen LogP contribution >= 0.6 is 0 Å². The predicted molar refractivity (Wildman–Crippen MR) is 76.3 cm³/mol. The third-order valence-electron chi connectivity index (χ3n) is 3.61. The van der Waals surface area contributed by atoms with Crippen LogP contribution in [0.25, 0.3) is 0 Å². The van der Waals surface area contributed by atoms with Gasteiger partial charge in [0.05, 0.1) is 4.92 Å². The van der Waals surface area contributed by atoms with Crippen molar-refractivity contribution in [1.29, 1.82) is 0 Å². The molecule has 0 radical (unpaired) electrons. The van der Waals surface area contributed by atoms with Crippen molar-refractivity contribution in [3.05, 3.63) is 28.3 Å². The minimum atomic E-state index is -0.422. The zero-order valence-corrected chi connectivity index (χ0v) is 11.1. The Morgan fingerprint density at radius 3 is 2.95 bits per heavy atom. The summed E-state index contributed by atoms with van der Waals surface area (Å²) in [5, 5.41) is 14.0. The lowest BCUT2D eigenvalue weighted by atomic mass is 10.0. The van der Waals surface area contributed by atoms with Crippen molar-refractivity contribution in [2.75, 3.05) is 31.2 Å². The van der Waals surface area contributed by atoms with Gasteiger partial charge in [-0.25, -0.2) is 0 Å². The first-order valence-corrected chi connectivity index (χ1v) is 6.55. The average Bonchev–Trinajstić information content (AvgIpc) is 2.37. The zero-order valence-electron chi connectivity index (χ0n) is 11.1. The number of likely N-dealkylation sites (tertiary alicyclic amines) is 1. The number of nitrogen functional groups attached to an aromatic ring is 1. The molecule has 0 aliphatic carbocycles. The summed E-state index contributed by atoms with van der Waals surface area (Å²) in [6, 6.07) is 5.11. The molecule has 19 heavy (non-hydrogen) atoms. The number of nitrogens with one attached hydrogen (secondary N) is 1. The Bertz CT molecular complexity index is 464. The number of hydrogen-bond donors (Lipinski definition) is 2. The molecule has 3 N–H and O–H groups in total. The maximum Gasteiger partial charge on any atom is 0.273 e. The molecule has 0 saturated carbocycles. The molecule has 1 aliphatic heterocycles. The van der Waals surface area contributed by atoms with E-state index in [0.29, 0.717) is 17.4 Å². The number of benzene rings is 1. The van der Waals surface area contributed by atoms with Crippen LogP contribution in [0.3, 0.4) is 0 Å². The SMILES string of the molecule is CN1CCCCC1CNc1cc(N)cc([N+](=O)[O-])c1. The van der Waals surface area contributed by atoms with Crippen LogP contribution in [-0.4, -0.2) is 36.0 Å². The van der Waals surface area contributed by atoms with Crippen LogP contribution in [0.2, 0.25) is 0 Å². The molecule has 1 fully saturated rings. The molecule has 2 rings (SSSR count). The van der Waals surface area contributed by atoms with Gasteiger partial charge in [0.15, 0.2) is 0 Å². The van der Waals surface area contributed by atoms with E-state index in [-0.39, 0.29) is 5.69 Å². The van der Waals surface area contributed by atoms with Gasteiger partial charge in [-0.15, -0.1) is 0 Å². The molecular weight excluding hydrogens is 244 g/mol. The summed E-state index contributed by atoms with van der Waals surface area (Å²) in [5.74, 6) is 0. The number of nitrogens with zero attached hydrogens (tertiary/aromatic N) is 2. The van der Waals surface area contributed by atoms with Crippen molar-refractivity contribution in [2.45, 2.75) is 25.3 Å². The van der Waals surface area contributed by atoms with Crippen LogP contribution in [0.4, 0.5) is 17.1 Å². The summed E-state index contributed by atoms with van der Waals surface area (Å²) in [5.41, 5.74) is 6.83. The van der Waals surface area contributed by atoms with Gasteiger partial charge in [0.1, 0.15) is 0 Å². The molecule has 6 heteroatoms. The van der Waals surface area contributed by atoms with E-state index in [1.807, 2.05) is 0 Å². The Labute approximate surface area is 112 Å². The van der Waals surface area contributed by atoms with Crippen LogP contribution in [-0.2, 0) is 0 Å².